The fraction of sp³-hybridized carbons (Fsp3) is 0.250. The number of benzene rings is 3. The number of hydrogen-bond acceptors (Lipinski definition) is 7. The summed E-state index contributed by atoms with van der Waals surface area (Å²) >= 11 is 0. The van der Waals surface area contributed by atoms with E-state index in [1.54, 1.807) is 41.0 Å². The van der Waals surface area contributed by atoms with Crippen LogP contribution in [0.1, 0.15) is 44.3 Å². The van der Waals surface area contributed by atoms with Gasteiger partial charge in [0, 0.05) is 17.5 Å². The molecule has 0 bridgehead atoms. The Labute approximate surface area is 237 Å². The maximum atomic E-state index is 15.6. The van der Waals surface area contributed by atoms with Gasteiger partial charge in [0.2, 0.25) is 5.82 Å². The molecule has 0 aliphatic carbocycles. The van der Waals surface area contributed by atoms with Crippen LogP contribution in [0.4, 0.5) is 4.39 Å². The Kier molecular flexibility index (Phi) is 7.96. The van der Waals surface area contributed by atoms with Gasteiger partial charge in [-0.25, -0.2) is 9.37 Å². The Hall–Kier alpha value is -4.79. The minimum atomic E-state index is -0.565. The zero-order chi connectivity index (χ0) is 29.1. The average molecular weight is 555 g/mol. The highest BCUT2D eigenvalue weighted by Gasteiger charge is 2.19. The van der Waals surface area contributed by atoms with Crippen molar-refractivity contribution in [1.29, 1.82) is 0 Å². The molecule has 0 amide bonds. The molecular formula is C32H31FN4O4. The molecule has 0 atom stereocenters. The third-order valence-corrected chi connectivity index (χ3v) is 6.67. The van der Waals surface area contributed by atoms with Gasteiger partial charge in [0.1, 0.15) is 17.4 Å². The average Bonchev–Trinajstić information content (AvgIpc) is 3.38. The van der Waals surface area contributed by atoms with Gasteiger partial charge in [-0.05, 0) is 62.1 Å². The van der Waals surface area contributed by atoms with Crippen molar-refractivity contribution >= 4 is 0 Å². The van der Waals surface area contributed by atoms with Gasteiger partial charge in [0.25, 0.3) is 5.56 Å². The molecule has 3 aromatic carbocycles. The van der Waals surface area contributed by atoms with Crippen molar-refractivity contribution in [2.24, 2.45) is 0 Å². The zero-order valence-corrected chi connectivity index (χ0v) is 23.4. The summed E-state index contributed by atoms with van der Waals surface area (Å²) in [6, 6.07) is 19.3. The van der Waals surface area contributed by atoms with Crippen LogP contribution < -0.4 is 10.3 Å². The largest absolute Gasteiger partial charge is 0.491 e. The number of aromatic hydroxyl groups is 1. The summed E-state index contributed by atoms with van der Waals surface area (Å²) in [5, 5.41) is 13.2. The normalized spacial score (nSPS) is 11.3. The Bertz CT molecular complexity index is 1740. The maximum Gasteiger partial charge on any atom is 0.415 e. The lowest BCUT2D eigenvalue weighted by atomic mass is 9.97. The van der Waals surface area contributed by atoms with Crippen LogP contribution in [0.25, 0.3) is 33.6 Å². The van der Waals surface area contributed by atoms with Crippen LogP contribution in [0.2, 0.25) is 0 Å². The number of hydrogen-bond donors (Lipinski definition) is 1. The highest BCUT2D eigenvalue weighted by Crippen LogP contribution is 2.33. The second-order valence-electron chi connectivity index (χ2n) is 10.1. The number of aromatic nitrogens is 4. The molecule has 0 saturated heterocycles. The minimum Gasteiger partial charge on any atom is -0.491 e. The molecule has 8 nitrogen and oxygen atoms in total. The number of halogens is 1. The van der Waals surface area contributed by atoms with Crippen LogP contribution in [0, 0.1) is 12.7 Å². The Morgan fingerprint density at radius 1 is 1.00 bits per heavy atom. The van der Waals surface area contributed by atoms with Gasteiger partial charge in [-0.1, -0.05) is 60.6 Å². The lowest BCUT2D eigenvalue weighted by molar-refractivity contribution is 0.242. The fourth-order valence-electron chi connectivity index (χ4n) is 4.89. The summed E-state index contributed by atoms with van der Waals surface area (Å²) in [6.45, 7) is 7.96. The smallest absolute Gasteiger partial charge is 0.415 e. The molecule has 0 fully saturated rings. The Balaban J connectivity index is 1.52. The third kappa shape index (κ3) is 5.89. The molecule has 210 valence electrons. The van der Waals surface area contributed by atoms with E-state index in [0.717, 1.165) is 17.7 Å². The van der Waals surface area contributed by atoms with Crippen molar-refractivity contribution in [3.63, 3.8) is 0 Å². The summed E-state index contributed by atoms with van der Waals surface area (Å²) in [7, 11) is 0. The maximum absolute atomic E-state index is 15.6. The van der Waals surface area contributed by atoms with E-state index in [4.69, 9.17) is 14.2 Å². The van der Waals surface area contributed by atoms with Gasteiger partial charge in [-0.3, -0.25) is 13.9 Å². The van der Waals surface area contributed by atoms with E-state index >= 15 is 4.39 Å². The summed E-state index contributed by atoms with van der Waals surface area (Å²) < 4.78 is 27.7. The first-order chi connectivity index (χ1) is 19.7. The van der Waals surface area contributed by atoms with E-state index in [2.05, 4.69) is 10.1 Å². The topological polar surface area (TPSA) is 103 Å². The standard InChI is InChI=1S/C32H31FN4O4/c1-5-8-28-34-20(4)29(22-12-14-23(15-13-22)40-19(2)3)31(38)37(28)18-21-11-16-25(27(33)17-21)24-9-6-7-10-26(24)30-35-32(39)41-36-30/h6-7,9-17,19H,5,8,18H2,1-4H3,(H,35,36,39). The molecule has 0 radical (unpaired) electrons. The highest BCUT2D eigenvalue weighted by atomic mass is 19.1. The molecule has 2 aromatic heterocycles. The van der Waals surface area contributed by atoms with E-state index in [0.29, 0.717) is 45.8 Å². The van der Waals surface area contributed by atoms with Gasteiger partial charge >= 0.3 is 6.08 Å². The molecule has 5 rings (SSSR count). The van der Waals surface area contributed by atoms with E-state index in [9.17, 15) is 9.90 Å². The van der Waals surface area contributed by atoms with Crippen molar-refractivity contribution in [2.45, 2.75) is 53.2 Å². The molecule has 5 aromatic rings. The van der Waals surface area contributed by atoms with E-state index < -0.39 is 11.9 Å². The van der Waals surface area contributed by atoms with Gasteiger partial charge < -0.3 is 9.84 Å². The molecule has 0 spiro atoms. The monoisotopic (exact) mass is 554 g/mol. The SMILES string of the molecule is CCCc1nc(C)c(-c2ccc(OC(C)C)cc2)c(=O)n1Cc1ccc(-c2ccccc2-c2noc(O)n2)c(F)c1. The molecule has 0 aliphatic heterocycles. The van der Waals surface area contributed by atoms with Crippen molar-refractivity contribution < 1.29 is 18.8 Å². The Morgan fingerprint density at radius 3 is 2.37 bits per heavy atom. The molecule has 1 N–H and O–H groups in total. The first-order valence-electron chi connectivity index (χ1n) is 13.5. The molecular weight excluding hydrogens is 523 g/mol. The van der Waals surface area contributed by atoms with E-state index in [-0.39, 0.29) is 24.0 Å². The van der Waals surface area contributed by atoms with Crippen LogP contribution in [0.5, 0.6) is 11.8 Å². The van der Waals surface area contributed by atoms with Crippen LogP contribution >= 0.6 is 0 Å². The third-order valence-electron chi connectivity index (χ3n) is 6.67. The number of aryl methyl sites for hydroxylation is 2. The molecule has 0 aliphatic rings. The van der Waals surface area contributed by atoms with E-state index in [1.807, 2.05) is 52.0 Å². The molecule has 9 heteroatoms. The van der Waals surface area contributed by atoms with Crippen LogP contribution in [0.15, 0.2) is 76.0 Å². The van der Waals surface area contributed by atoms with Crippen molar-refractivity contribution in [3.8, 4) is 45.5 Å². The lowest BCUT2D eigenvalue weighted by Crippen LogP contribution is -2.28. The predicted molar refractivity (Wildman–Crippen MR) is 154 cm³/mol. The molecule has 2 heterocycles. The van der Waals surface area contributed by atoms with Crippen LogP contribution in [-0.2, 0) is 13.0 Å². The zero-order valence-electron chi connectivity index (χ0n) is 23.4. The van der Waals surface area contributed by atoms with Crippen LogP contribution in [0.3, 0.4) is 0 Å². The van der Waals surface area contributed by atoms with E-state index in [1.165, 1.54) is 6.07 Å². The van der Waals surface area contributed by atoms with Crippen molar-refractivity contribution in [1.82, 2.24) is 19.7 Å². The van der Waals surface area contributed by atoms with Crippen LogP contribution in [-0.4, -0.2) is 30.9 Å². The lowest BCUT2D eigenvalue weighted by Gasteiger charge is -2.17. The summed E-state index contributed by atoms with van der Waals surface area (Å²) in [5.74, 6) is 1.07. The quantitative estimate of drug-likeness (QED) is 0.220. The van der Waals surface area contributed by atoms with Gasteiger partial charge in [-0.2, -0.15) is 4.98 Å². The second kappa shape index (κ2) is 11.8. The van der Waals surface area contributed by atoms with Crippen molar-refractivity contribution in [3.05, 3.63) is 100.0 Å². The Morgan fingerprint density at radius 2 is 1.73 bits per heavy atom. The highest BCUT2D eigenvalue weighted by molar-refractivity contribution is 5.80. The van der Waals surface area contributed by atoms with Gasteiger partial charge in [-0.15, -0.1) is 0 Å². The van der Waals surface area contributed by atoms with Gasteiger partial charge in [0.05, 0.1) is 23.9 Å². The number of nitrogens with zero attached hydrogens (tertiary/aromatic N) is 4. The first-order valence-corrected chi connectivity index (χ1v) is 13.5. The number of ether oxygens (including phenoxy) is 1. The predicted octanol–water partition coefficient (Wildman–Crippen LogP) is 6.57. The van der Waals surface area contributed by atoms with Gasteiger partial charge in [0.15, 0.2) is 0 Å². The fourth-order valence-corrected chi connectivity index (χ4v) is 4.89. The first kappa shape index (κ1) is 27.8. The summed E-state index contributed by atoms with van der Waals surface area (Å²) in [5.41, 5.74) is 3.75. The second-order valence-corrected chi connectivity index (χ2v) is 10.1. The summed E-state index contributed by atoms with van der Waals surface area (Å²) in [6.07, 6.45) is 0.901. The summed E-state index contributed by atoms with van der Waals surface area (Å²) in [4.78, 5) is 22.5. The molecule has 0 saturated carbocycles. The number of rotatable bonds is 9. The minimum absolute atomic E-state index is 0.0439. The molecule has 41 heavy (non-hydrogen) atoms. The van der Waals surface area contributed by atoms with Crippen molar-refractivity contribution in [2.75, 3.05) is 0 Å². The molecule has 0 unspecified atom stereocenters.